The maximum Gasteiger partial charge on any atom is 0.0961 e. The first-order valence-corrected chi connectivity index (χ1v) is 8.09. The summed E-state index contributed by atoms with van der Waals surface area (Å²) >= 11 is 0. The number of hydrogen-bond donors (Lipinski definition) is 1. The molecule has 114 valence electrons. The van der Waals surface area contributed by atoms with Gasteiger partial charge in [0.2, 0.25) is 0 Å². The quantitative estimate of drug-likeness (QED) is 0.509. The lowest BCUT2D eigenvalue weighted by molar-refractivity contribution is 1.30. The molecule has 0 radical (unpaired) electrons. The van der Waals surface area contributed by atoms with Crippen LogP contribution in [0.2, 0.25) is 0 Å². The Labute approximate surface area is 139 Å². The third-order valence-electron chi connectivity index (χ3n) is 4.51. The minimum Gasteiger partial charge on any atom is -0.379 e. The van der Waals surface area contributed by atoms with Gasteiger partial charge in [-0.15, -0.1) is 0 Å². The van der Waals surface area contributed by atoms with Gasteiger partial charge in [0, 0.05) is 34.6 Å². The summed E-state index contributed by atoms with van der Waals surface area (Å²) in [6.45, 7) is 0.833. The average Bonchev–Trinajstić information content (AvgIpc) is 2.68. The van der Waals surface area contributed by atoms with Crippen molar-refractivity contribution in [3.05, 3.63) is 72.4 Å². The second-order valence-electron chi connectivity index (χ2n) is 5.93. The lowest BCUT2D eigenvalue weighted by Gasteiger charge is -2.18. The third kappa shape index (κ3) is 1.91. The summed E-state index contributed by atoms with van der Waals surface area (Å²) in [5.74, 6) is 0. The number of anilines is 1. The van der Waals surface area contributed by atoms with Gasteiger partial charge in [0.25, 0.3) is 0 Å². The van der Waals surface area contributed by atoms with Crippen LogP contribution in [0.5, 0.6) is 0 Å². The molecular formula is C21H15N3. The summed E-state index contributed by atoms with van der Waals surface area (Å²) in [7, 11) is 0. The van der Waals surface area contributed by atoms with E-state index >= 15 is 0 Å². The number of benzene rings is 2. The minimum absolute atomic E-state index is 0.833. The fraction of sp³-hybridized carbons (Fsp3) is 0.0476. The van der Waals surface area contributed by atoms with Crippen LogP contribution in [0.15, 0.2) is 66.9 Å². The number of nitrogens with one attached hydrogen (secondary N) is 1. The first-order chi connectivity index (χ1) is 11.9. The van der Waals surface area contributed by atoms with Gasteiger partial charge in [-0.05, 0) is 24.3 Å². The van der Waals surface area contributed by atoms with Crippen LogP contribution in [-0.4, -0.2) is 16.5 Å². The molecule has 1 aliphatic rings. The standard InChI is InChI=1S/C21H15N3/c1-2-6-14(7-3-1)18-11-10-16-15-8-4-12-22-20(15)21-17(19(16)24-18)9-5-13-23-21/h1-11,13,22H,12H2. The van der Waals surface area contributed by atoms with E-state index in [1.165, 1.54) is 5.56 Å². The molecule has 3 nitrogen and oxygen atoms in total. The monoisotopic (exact) mass is 309 g/mol. The molecule has 1 aliphatic heterocycles. The van der Waals surface area contributed by atoms with Gasteiger partial charge in [0.05, 0.1) is 22.4 Å². The van der Waals surface area contributed by atoms with E-state index in [1.807, 2.05) is 30.5 Å². The minimum atomic E-state index is 0.833. The summed E-state index contributed by atoms with van der Waals surface area (Å²) in [5, 5.41) is 5.72. The Kier molecular flexibility index (Phi) is 2.85. The fourth-order valence-corrected chi connectivity index (χ4v) is 3.40. The first-order valence-electron chi connectivity index (χ1n) is 8.09. The molecule has 0 saturated carbocycles. The highest BCUT2D eigenvalue weighted by Crippen LogP contribution is 2.37. The molecule has 1 N–H and O–H groups in total. The zero-order chi connectivity index (χ0) is 15.9. The lowest BCUT2D eigenvalue weighted by atomic mass is 9.98. The highest BCUT2D eigenvalue weighted by atomic mass is 14.9. The zero-order valence-corrected chi connectivity index (χ0v) is 13.0. The maximum absolute atomic E-state index is 4.98. The van der Waals surface area contributed by atoms with Crippen molar-refractivity contribution in [2.75, 3.05) is 11.9 Å². The van der Waals surface area contributed by atoms with E-state index in [0.29, 0.717) is 0 Å². The van der Waals surface area contributed by atoms with E-state index in [-0.39, 0.29) is 0 Å². The van der Waals surface area contributed by atoms with Crippen LogP contribution in [0.25, 0.3) is 39.1 Å². The molecule has 24 heavy (non-hydrogen) atoms. The summed E-state index contributed by atoms with van der Waals surface area (Å²) < 4.78 is 0. The second-order valence-corrected chi connectivity index (χ2v) is 5.93. The van der Waals surface area contributed by atoms with Crippen molar-refractivity contribution >= 4 is 33.6 Å². The molecule has 3 heterocycles. The first kappa shape index (κ1) is 13.3. The molecule has 0 spiro atoms. The fourth-order valence-electron chi connectivity index (χ4n) is 3.40. The Morgan fingerprint density at radius 1 is 0.833 bits per heavy atom. The molecule has 3 heteroatoms. The van der Waals surface area contributed by atoms with Gasteiger partial charge in [-0.1, -0.05) is 42.5 Å². The van der Waals surface area contributed by atoms with Gasteiger partial charge in [0.15, 0.2) is 0 Å². The van der Waals surface area contributed by atoms with Crippen molar-refractivity contribution in [2.45, 2.75) is 0 Å². The molecule has 0 atom stereocenters. The predicted molar refractivity (Wildman–Crippen MR) is 100 cm³/mol. The van der Waals surface area contributed by atoms with E-state index < -0.39 is 0 Å². The average molecular weight is 309 g/mol. The number of aromatic nitrogens is 2. The van der Waals surface area contributed by atoms with Crippen molar-refractivity contribution in [1.29, 1.82) is 0 Å². The largest absolute Gasteiger partial charge is 0.379 e. The van der Waals surface area contributed by atoms with Crippen molar-refractivity contribution in [1.82, 2.24) is 9.97 Å². The van der Waals surface area contributed by atoms with Crippen molar-refractivity contribution < 1.29 is 0 Å². The molecule has 0 saturated heterocycles. The van der Waals surface area contributed by atoms with Gasteiger partial charge >= 0.3 is 0 Å². The topological polar surface area (TPSA) is 37.8 Å². The predicted octanol–water partition coefficient (Wildman–Crippen LogP) is 4.89. The molecule has 0 aliphatic carbocycles. The molecular weight excluding hydrogens is 294 g/mol. The van der Waals surface area contributed by atoms with Crippen LogP contribution in [-0.2, 0) is 0 Å². The van der Waals surface area contributed by atoms with Gasteiger partial charge < -0.3 is 5.32 Å². The van der Waals surface area contributed by atoms with E-state index in [0.717, 1.165) is 45.3 Å². The lowest BCUT2D eigenvalue weighted by Crippen LogP contribution is -2.07. The van der Waals surface area contributed by atoms with E-state index in [2.05, 4.69) is 52.8 Å². The van der Waals surface area contributed by atoms with Crippen LogP contribution < -0.4 is 5.32 Å². The van der Waals surface area contributed by atoms with Crippen LogP contribution in [0.1, 0.15) is 5.56 Å². The zero-order valence-electron chi connectivity index (χ0n) is 13.0. The summed E-state index contributed by atoms with van der Waals surface area (Å²) in [6.07, 6.45) is 6.16. The summed E-state index contributed by atoms with van der Waals surface area (Å²) in [4.78, 5) is 9.59. The second kappa shape index (κ2) is 5.17. The molecule has 0 bridgehead atoms. The smallest absolute Gasteiger partial charge is 0.0961 e. The number of fused-ring (bicyclic) bond motifs is 6. The van der Waals surface area contributed by atoms with Crippen molar-refractivity contribution in [3.8, 4) is 11.3 Å². The van der Waals surface area contributed by atoms with Crippen LogP contribution in [0, 0.1) is 0 Å². The van der Waals surface area contributed by atoms with Gasteiger partial charge in [-0.25, -0.2) is 4.98 Å². The molecule has 2 aromatic carbocycles. The van der Waals surface area contributed by atoms with E-state index in [9.17, 15) is 0 Å². The van der Waals surface area contributed by atoms with Crippen molar-refractivity contribution in [3.63, 3.8) is 0 Å². The number of hydrogen-bond acceptors (Lipinski definition) is 3. The Balaban J connectivity index is 1.90. The Morgan fingerprint density at radius 2 is 1.75 bits per heavy atom. The summed E-state index contributed by atoms with van der Waals surface area (Å²) in [5.41, 5.74) is 6.39. The normalized spacial score (nSPS) is 13.0. The Bertz CT molecular complexity index is 1100. The van der Waals surface area contributed by atoms with Gasteiger partial charge in [-0.2, -0.15) is 0 Å². The Morgan fingerprint density at radius 3 is 2.67 bits per heavy atom. The number of pyridine rings is 2. The van der Waals surface area contributed by atoms with Crippen LogP contribution >= 0.6 is 0 Å². The van der Waals surface area contributed by atoms with Crippen LogP contribution in [0.3, 0.4) is 0 Å². The SMILES string of the molecule is C1=Cc2c(c3ncccc3c3nc(-c4ccccc4)ccc23)NC1. The van der Waals surface area contributed by atoms with E-state index in [4.69, 9.17) is 4.98 Å². The number of nitrogens with zero attached hydrogens (tertiary/aromatic N) is 2. The van der Waals surface area contributed by atoms with Gasteiger partial charge in [-0.3, -0.25) is 4.98 Å². The Hall–Kier alpha value is -3.20. The number of rotatable bonds is 1. The van der Waals surface area contributed by atoms with Crippen molar-refractivity contribution in [2.24, 2.45) is 0 Å². The third-order valence-corrected chi connectivity index (χ3v) is 4.51. The molecule has 0 fully saturated rings. The molecule has 4 aromatic rings. The molecule has 2 aromatic heterocycles. The summed E-state index contributed by atoms with van der Waals surface area (Å²) in [6, 6.07) is 18.6. The van der Waals surface area contributed by atoms with E-state index in [1.54, 1.807) is 0 Å². The maximum atomic E-state index is 4.98. The molecule has 5 rings (SSSR count). The molecule has 0 unspecified atom stereocenters. The van der Waals surface area contributed by atoms with Crippen LogP contribution in [0.4, 0.5) is 5.69 Å². The highest BCUT2D eigenvalue weighted by molar-refractivity contribution is 6.15. The van der Waals surface area contributed by atoms with Gasteiger partial charge in [0.1, 0.15) is 0 Å². The molecule has 0 amide bonds. The highest BCUT2D eigenvalue weighted by Gasteiger charge is 2.16.